The van der Waals surface area contributed by atoms with E-state index < -0.39 is 65.7 Å². The third-order valence-corrected chi connectivity index (χ3v) is 8.81. The van der Waals surface area contributed by atoms with E-state index in [9.17, 15) is 29.4 Å². The van der Waals surface area contributed by atoms with Crippen molar-refractivity contribution in [3.63, 3.8) is 0 Å². The zero-order valence-electron chi connectivity index (χ0n) is 28.8. The molecule has 2 heterocycles. The number of rotatable bonds is 15. The number of hydrogen-bond donors (Lipinski definition) is 5. The molecule has 7 atom stereocenters. The quantitative estimate of drug-likeness (QED) is 0.167. The van der Waals surface area contributed by atoms with Crippen molar-refractivity contribution in [3.05, 3.63) is 47.6 Å². The predicted molar refractivity (Wildman–Crippen MR) is 180 cm³/mol. The molecule has 12 nitrogen and oxygen atoms in total. The van der Waals surface area contributed by atoms with Crippen molar-refractivity contribution >= 4 is 29.4 Å². The number of allylic oxidation sites excluding steroid dienone is 4. The van der Waals surface area contributed by atoms with Crippen LogP contribution in [0.5, 0.6) is 0 Å². The molecule has 0 saturated carbocycles. The van der Waals surface area contributed by atoms with Crippen molar-refractivity contribution in [2.75, 3.05) is 6.54 Å². The van der Waals surface area contributed by atoms with Gasteiger partial charge in [-0.1, -0.05) is 64.5 Å². The zero-order valence-corrected chi connectivity index (χ0v) is 28.8. The van der Waals surface area contributed by atoms with Crippen molar-refractivity contribution in [1.29, 1.82) is 0 Å². The van der Waals surface area contributed by atoms with Crippen molar-refractivity contribution < 1.29 is 34.1 Å². The molecule has 3 amide bonds. The summed E-state index contributed by atoms with van der Waals surface area (Å²) < 4.78 is 5.82. The monoisotopic (exact) mass is 655 g/mol. The third kappa shape index (κ3) is 10.2. The summed E-state index contributed by atoms with van der Waals surface area (Å²) in [6, 6.07) is -2.82. The number of carboxylic acid groups (broad SMARTS) is 1. The van der Waals surface area contributed by atoms with Crippen molar-refractivity contribution in [1.82, 2.24) is 21.1 Å². The van der Waals surface area contributed by atoms with Crippen LogP contribution >= 0.6 is 0 Å². The maximum absolute atomic E-state index is 13.8. The summed E-state index contributed by atoms with van der Waals surface area (Å²) in [5.41, 5.74) is 5.44. The standard InChI is InChI=1S/C35H53N5O7/c1-8-11-29(41)47-23(6)27(18-14-24-13-15-25-16-17-26(9-2)38-35(25,7)20-24)31(42)37-30(21(3)4)32(43)36-22(5)33(44)40-19-10-12-28(39-40)34(45)46/h13-18,21-23,27-30,39,41H,8-12,19-20H2,1-7H3,(H,36,43)(H,37,42)(H,45,46). The van der Waals surface area contributed by atoms with E-state index in [-0.39, 0.29) is 5.92 Å². The van der Waals surface area contributed by atoms with Crippen LogP contribution < -0.4 is 16.1 Å². The molecule has 0 radical (unpaired) electrons. The van der Waals surface area contributed by atoms with Crippen molar-refractivity contribution in [2.45, 2.75) is 123 Å². The lowest BCUT2D eigenvalue weighted by Gasteiger charge is -2.34. The van der Waals surface area contributed by atoms with Crippen LogP contribution in [0.2, 0.25) is 0 Å². The van der Waals surface area contributed by atoms with Gasteiger partial charge in [-0.05, 0) is 69.6 Å². The normalized spacial score (nSPS) is 24.3. The van der Waals surface area contributed by atoms with Gasteiger partial charge in [-0.15, -0.1) is 0 Å². The Hall–Kier alpha value is -3.61. The topological polar surface area (TPSA) is 170 Å². The van der Waals surface area contributed by atoms with Gasteiger partial charge in [0.1, 0.15) is 18.1 Å². The van der Waals surface area contributed by atoms with Crippen molar-refractivity contribution in [2.24, 2.45) is 16.8 Å². The fraction of sp³-hybridized carbons (Fsp3) is 0.629. The number of hydrazine groups is 1. The number of carbonyl (C=O) groups is 4. The first-order chi connectivity index (χ1) is 22.2. The molecular weight excluding hydrogens is 602 g/mol. The van der Waals surface area contributed by atoms with E-state index in [0.717, 1.165) is 23.3 Å². The fourth-order valence-electron chi connectivity index (χ4n) is 5.96. The van der Waals surface area contributed by atoms with Gasteiger partial charge in [0.2, 0.25) is 11.8 Å². The fourth-order valence-corrected chi connectivity index (χ4v) is 5.96. The Labute approximate surface area is 278 Å². The molecule has 47 heavy (non-hydrogen) atoms. The predicted octanol–water partition coefficient (Wildman–Crippen LogP) is 3.34. The molecule has 1 aliphatic carbocycles. The molecule has 1 saturated heterocycles. The maximum Gasteiger partial charge on any atom is 0.322 e. The number of ether oxygens (including phenoxy) is 1. The Bertz CT molecular complexity index is 1320. The highest BCUT2D eigenvalue weighted by Gasteiger charge is 2.35. The summed E-state index contributed by atoms with van der Waals surface area (Å²) in [6.45, 7) is 13.2. The number of nitrogens with zero attached hydrogens (tertiary/aromatic N) is 2. The van der Waals surface area contributed by atoms with Gasteiger partial charge in [-0.2, -0.15) is 0 Å². The third-order valence-electron chi connectivity index (χ3n) is 8.81. The molecule has 2 aliphatic heterocycles. The number of aliphatic imine (C=N–C) groups is 1. The number of fused-ring (bicyclic) bond motifs is 1. The summed E-state index contributed by atoms with van der Waals surface area (Å²) in [7, 11) is 0. The SMILES string of the molecule is CCCC(O)OC(C)C(C=CC1=CC=C2C=CC(CC)=NC2(C)C1)C(=O)NC(C(=O)NC(C)C(=O)N1CCCC(C(=O)O)N1)C(C)C. The average Bonchev–Trinajstić information content (AvgIpc) is 3.02. The first-order valence-electron chi connectivity index (χ1n) is 16.8. The highest BCUT2D eigenvalue weighted by Crippen LogP contribution is 2.37. The number of carbonyl (C=O) groups excluding carboxylic acids is 3. The molecule has 0 aromatic rings. The molecule has 3 aliphatic rings. The number of carboxylic acids is 1. The molecule has 0 bridgehead atoms. The summed E-state index contributed by atoms with van der Waals surface area (Å²) in [5, 5.41) is 26.5. The lowest BCUT2D eigenvalue weighted by Crippen LogP contribution is -2.61. The van der Waals surface area contributed by atoms with E-state index >= 15 is 0 Å². The van der Waals surface area contributed by atoms with E-state index in [4.69, 9.17) is 9.73 Å². The lowest BCUT2D eigenvalue weighted by atomic mass is 9.79. The lowest BCUT2D eigenvalue weighted by molar-refractivity contribution is -0.154. The summed E-state index contributed by atoms with van der Waals surface area (Å²) in [5.74, 6) is -3.70. The molecule has 0 spiro atoms. The zero-order chi connectivity index (χ0) is 34.9. The summed E-state index contributed by atoms with van der Waals surface area (Å²) in [6.07, 6.45) is 13.6. The van der Waals surface area contributed by atoms with Crippen LogP contribution in [0.1, 0.15) is 87.0 Å². The van der Waals surface area contributed by atoms with Gasteiger partial charge in [-0.25, -0.2) is 5.43 Å². The summed E-state index contributed by atoms with van der Waals surface area (Å²) in [4.78, 5) is 56.7. The van der Waals surface area contributed by atoms with E-state index in [1.165, 1.54) is 11.9 Å². The number of aliphatic hydroxyl groups is 1. The van der Waals surface area contributed by atoms with Gasteiger partial charge in [0.15, 0.2) is 6.29 Å². The number of aliphatic hydroxyl groups excluding tert-OH is 1. The van der Waals surface area contributed by atoms with Crippen LogP contribution in [0.25, 0.3) is 0 Å². The Morgan fingerprint density at radius 2 is 1.85 bits per heavy atom. The van der Waals surface area contributed by atoms with Crippen LogP contribution in [-0.2, 0) is 23.9 Å². The maximum atomic E-state index is 13.8. The Morgan fingerprint density at radius 3 is 2.49 bits per heavy atom. The molecule has 12 heteroatoms. The highest BCUT2D eigenvalue weighted by atomic mass is 16.6. The molecule has 5 N–H and O–H groups in total. The Kier molecular flexibility index (Phi) is 13.7. The second-order valence-electron chi connectivity index (χ2n) is 13.2. The van der Waals surface area contributed by atoms with Gasteiger partial charge in [0.25, 0.3) is 5.91 Å². The van der Waals surface area contributed by atoms with E-state index in [2.05, 4.69) is 36.0 Å². The van der Waals surface area contributed by atoms with E-state index in [0.29, 0.717) is 38.6 Å². The molecule has 1 fully saturated rings. The molecule has 3 rings (SSSR count). The Balaban J connectivity index is 1.76. The minimum Gasteiger partial charge on any atom is -0.480 e. The minimum atomic E-state index is -1.05. The summed E-state index contributed by atoms with van der Waals surface area (Å²) >= 11 is 0. The number of dihydropyridines is 1. The van der Waals surface area contributed by atoms with E-state index in [1.54, 1.807) is 26.8 Å². The van der Waals surface area contributed by atoms with E-state index in [1.807, 2.05) is 31.2 Å². The number of aliphatic carboxylic acids is 1. The van der Waals surface area contributed by atoms with Crippen LogP contribution in [0.3, 0.4) is 0 Å². The molecular formula is C35H53N5O7. The second-order valence-corrected chi connectivity index (χ2v) is 13.2. The van der Waals surface area contributed by atoms with Crippen molar-refractivity contribution in [3.8, 4) is 0 Å². The van der Waals surface area contributed by atoms with Crippen LogP contribution in [0.4, 0.5) is 0 Å². The van der Waals surface area contributed by atoms with Crippen LogP contribution in [0.15, 0.2) is 52.6 Å². The van der Waals surface area contributed by atoms with Crippen LogP contribution in [0, 0.1) is 11.8 Å². The highest BCUT2D eigenvalue weighted by molar-refractivity contribution is 5.97. The molecule has 0 aromatic carbocycles. The van der Waals surface area contributed by atoms with Gasteiger partial charge in [-0.3, -0.25) is 29.2 Å². The Morgan fingerprint density at radius 1 is 1.13 bits per heavy atom. The van der Waals surface area contributed by atoms with Gasteiger partial charge >= 0.3 is 5.97 Å². The minimum absolute atomic E-state index is 0.318. The molecule has 260 valence electrons. The average molecular weight is 656 g/mol. The number of amides is 3. The van der Waals surface area contributed by atoms with Gasteiger partial charge in [0.05, 0.1) is 17.6 Å². The smallest absolute Gasteiger partial charge is 0.322 e. The first-order valence-corrected chi connectivity index (χ1v) is 16.8. The van der Waals surface area contributed by atoms with Gasteiger partial charge in [0, 0.05) is 18.7 Å². The molecule has 7 unspecified atom stereocenters. The number of hydrogen-bond acceptors (Lipinski definition) is 8. The van der Waals surface area contributed by atoms with Crippen LogP contribution in [-0.4, -0.2) is 87.2 Å². The second kappa shape index (κ2) is 17.0. The van der Waals surface area contributed by atoms with Gasteiger partial charge < -0.3 is 25.6 Å². The number of nitrogens with one attached hydrogen (secondary N) is 3. The first kappa shape index (κ1) is 37.8. The largest absolute Gasteiger partial charge is 0.480 e. The molecule has 0 aromatic heterocycles.